The van der Waals surface area contributed by atoms with Gasteiger partial charge in [-0.15, -0.1) is 0 Å². The van der Waals surface area contributed by atoms with E-state index in [2.05, 4.69) is 23.3 Å². The van der Waals surface area contributed by atoms with E-state index in [1.807, 2.05) is 19.1 Å². The summed E-state index contributed by atoms with van der Waals surface area (Å²) >= 11 is 4.23. The molecule has 9 heteroatoms. The molecule has 2 aromatic carbocycles. The van der Waals surface area contributed by atoms with Crippen LogP contribution in [0.3, 0.4) is 0 Å². The molecule has 0 aliphatic rings. The van der Waals surface area contributed by atoms with Crippen LogP contribution in [-0.4, -0.2) is 51.9 Å². The summed E-state index contributed by atoms with van der Waals surface area (Å²) in [7, 11) is 0. The number of amides is 3. The van der Waals surface area contributed by atoms with Gasteiger partial charge < -0.3 is 25.4 Å². The molecule has 3 amide bonds. The second-order valence-corrected chi connectivity index (χ2v) is 9.17. The van der Waals surface area contributed by atoms with Gasteiger partial charge in [0.05, 0.1) is 0 Å². The second kappa shape index (κ2) is 11.8. The van der Waals surface area contributed by atoms with Crippen molar-refractivity contribution in [1.29, 1.82) is 0 Å². The lowest BCUT2D eigenvalue weighted by Crippen LogP contribution is -2.53. The van der Waals surface area contributed by atoms with Gasteiger partial charge in [0.1, 0.15) is 23.4 Å². The monoisotopic (exact) mass is 487 g/mol. The minimum absolute atomic E-state index is 0.000742. The van der Waals surface area contributed by atoms with Gasteiger partial charge in [0.25, 0.3) is 5.91 Å². The number of alkyl carbamates (subject to hydrolysis) is 1. The topological polar surface area (TPSA) is 108 Å². The molecule has 8 nitrogen and oxygen atoms in total. The van der Waals surface area contributed by atoms with Crippen molar-refractivity contribution in [2.75, 3.05) is 17.6 Å². The summed E-state index contributed by atoms with van der Waals surface area (Å²) in [6.45, 7) is 8.92. The van der Waals surface area contributed by atoms with Crippen LogP contribution in [0.5, 0.6) is 5.75 Å². The number of hydrogen-bond donors (Lipinski definition) is 4. The number of phenolic OH excluding ortho intramolecular Hbond substituents is 1. The zero-order valence-electron chi connectivity index (χ0n) is 20.2. The molecule has 2 aromatic rings. The number of rotatable bonds is 8. The molecule has 0 aliphatic carbocycles. The molecule has 184 valence electrons. The maximum atomic E-state index is 13.5. The minimum atomic E-state index is -1.06. The fraction of sp³-hybridized carbons (Fsp3) is 0.400. The second-order valence-electron chi connectivity index (χ2n) is 8.81. The number of aryl methyl sites for hydroxylation is 1. The molecule has 0 saturated heterocycles. The molecule has 2 rings (SSSR count). The summed E-state index contributed by atoms with van der Waals surface area (Å²) in [5.74, 6) is -0.991. The number of benzene rings is 2. The van der Waals surface area contributed by atoms with Crippen molar-refractivity contribution in [2.45, 2.75) is 52.3 Å². The van der Waals surface area contributed by atoms with Gasteiger partial charge in [-0.1, -0.05) is 30.3 Å². The predicted molar refractivity (Wildman–Crippen MR) is 135 cm³/mol. The van der Waals surface area contributed by atoms with Crippen LogP contribution in [0.1, 0.15) is 44.9 Å². The maximum Gasteiger partial charge on any atom is 0.408 e. The number of likely N-dealkylation sites (N-methyl/N-ethyl adjacent to an activating group) is 1. The van der Waals surface area contributed by atoms with E-state index in [4.69, 9.17) is 4.74 Å². The highest BCUT2D eigenvalue weighted by atomic mass is 32.1. The fourth-order valence-electron chi connectivity index (χ4n) is 3.38. The standard InChI is InChI=1S/C25H33N3O5S/c1-6-28(23(31)20(15-34)27-24(32)33-25(3,4)5)21(17-11-9-12-18(29)14-17)22(30)26-19-13-8-7-10-16(19)2/h7-14,20-21,29,34H,6,15H2,1-5H3,(H,26,30)(H,27,32). The van der Waals surface area contributed by atoms with Crippen molar-refractivity contribution in [3.8, 4) is 5.75 Å². The number of carbonyl (C=O) groups excluding carboxylic acids is 3. The van der Waals surface area contributed by atoms with Gasteiger partial charge in [-0.2, -0.15) is 12.6 Å². The SMILES string of the molecule is CCN(C(=O)C(CS)NC(=O)OC(C)(C)C)C(C(=O)Nc1ccccc1C)c1cccc(O)c1. The van der Waals surface area contributed by atoms with Crippen molar-refractivity contribution in [2.24, 2.45) is 0 Å². The number of phenols is 1. The molecule has 34 heavy (non-hydrogen) atoms. The summed E-state index contributed by atoms with van der Waals surface area (Å²) in [4.78, 5) is 40.6. The fourth-order valence-corrected chi connectivity index (χ4v) is 3.63. The molecule has 2 unspecified atom stereocenters. The highest BCUT2D eigenvalue weighted by Crippen LogP contribution is 2.27. The number of nitrogens with one attached hydrogen (secondary N) is 2. The van der Waals surface area contributed by atoms with Gasteiger partial charge in [0, 0.05) is 18.0 Å². The van der Waals surface area contributed by atoms with E-state index in [1.165, 1.54) is 17.0 Å². The summed E-state index contributed by atoms with van der Waals surface area (Å²) < 4.78 is 5.27. The Morgan fingerprint density at radius 1 is 1.12 bits per heavy atom. The summed E-state index contributed by atoms with van der Waals surface area (Å²) in [6, 6.07) is 11.4. The zero-order chi connectivity index (χ0) is 25.5. The number of carbonyl (C=O) groups is 3. The van der Waals surface area contributed by atoms with Gasteiger partial charge in [0.15, 0.2) is 0 Å². The third kappa shape index (κ3) is 7.41. The van der Waals surface area contributed by atoms with E-state index in [9.17, 15) is 19.5 Å². The third-order valence-electron chi connectivity index (χ3n) is 4.94. The Labute approximate surface area is 206 Å². The van der Waals surface area contributed by atoms with Crippen LogP contribution in [0.2, 0.25) is 0 Å². The molecule has 0 heterocycles. The highest BCUT2D eigenvalue weighted by molar-refractivity contribution is 7.80. The Morgan fingerprint density at radius 3 is 2.35 bits per heavy atom. The molecule has 0 radical (unpaired) electrons. The minimum Gasteiger partial charge on any atom is -0.508 e. The van der Waals surface area contributed by atoms with E-state index < -0.39 is 35.6 Å². The number of nitrogens with zero attached hydrogens (tertiary/aromatic N) is 1. The van der Waals surface area contributed by atoms with E-state index in [0.717, 1.165) is 5.56 Å². The lowest BCUT2D eigenvalue weighted by molar-refractivity contribution is -0.140. The average Bonchev–Trinajstić information content (AvgIpc) is 2.75. The largest absolute Gasteiger partial charge is 0.508 e. The highest BCUT2D eigenvalue weighted by Gasteiger charge is 2.35. The van der Waals surface area contributed by atoms with E-state index >= 15 is 0 Å². The molecule has 0 aliphatic heterocycles. The van der Waals surface area contributed by atoms with Crippen molar-refractivity contribution in [3.05, 3.63) is 59.7 Å². The average molecular weight is 488 g/mol. The summed E-state index contributed by atoms with van der Waals surface area (Å²) in [5, 5.41) is 15.5. The molecular formula is C25H33N3O5S. The predicted octanol–water partition coefficient (Wildman–Crippen LogP) is 4.05. The Balaban J connectivity index is 2.39. The van der Waals surface area contributed by atoms with Crippen LogP contribution >= 0.6 is 12.6 Å². The first kappa shape index (κ1) is 27.0. The van der Waals surface area contributed by atoms with Crippen molar-refractivity contribution < 1.29 is 24.2 Å². The lowest BCUT2D eigenvalue weighted by atomic mass is 10.0. The smallest absolute Gasteiger partial charge is 0.408 e. The van der Waals surface area contributed by atoms with Crippen LogP contribution < -0.4 is 10.6 Å². The molecule has 0 aromatic heterocycles. The quantitative estimate of drug-likeness (QED) is 0.420. The molecule has 2 atom stereocenters. The number of anilines is 1. The number of para-hydroxylation sites is 1. The van der Waals surface area contributed by atoms with Crippen LogP contribution in [-0.2, 0) is 14.3 Å². The first-order valence-electron chi connectivity index (χ1n) is 11.0. The molecule has 0 fully saturated rings. The number of hydrogen-bond acceptors (Lipinski definition) is 6. The third-order valence-corrected chi connectivity index (χ3v) is 5.31. The molecular weight excluding hydrogens is 454 g/mol. The molecule has 0 spiro atoms. The molecule has 3 N–H and O–H groups in total. The first-order chi connectivity index (χ1) is 16.0. The Bertz CT molecular complexity index is 1020. The van der Waals surface area contributed by atoms with Crippen molar-refractivity contribution in [1.82, 2.24) is 10.2 Å². The maximum absolute atomic E-state index is 13.5. The molecule has 0 bridgehead atoms. The number of ether oxygens (including phenoxy) is 1. The van der Waals surface area contributed by atoms with E-state index in [0.29, 0.717) is 11.3 Å². The summed E-state index contributed by atoms with van der Waals surface area (Å²) in [6.07, 6.45) is -0.755. The van der Waals surface area contributed by atoms with Crippen LogP contribution in [0.25, 0.3) is 0 Å². The van der Waals surface area contributed by atoms with Gasteiger partial charge in [-0.25, -0.2) is 4.79 Å². The van der Waals surface area contributed by atoms with Crippen LogP contribution in [0.4, 0.5) is 10.5 Å². The van der Waals surface area contributed by atoms with Crippen LogP contribution in [0, 0.1) is 6.92 Å². The Kier molecular flexibility index (Phi) is 9.37. The summed E-state index contributed by atoms with van der Waals surface area (Å²) in [5.41, 5.74) is 1.16. The number of thiol groups is 1. The molecule has 0 saturated carbocycles. The lowest BCUT2D eigenvalue weighted by Gasteiger charge is -2.33. The zero-order valence-corrected chi connectivity index (χ0v) is 21.1. The van der Waals surface area contributed by atoms with Gasteiger partial charge >= 0.3 is 6.09 Å². The van der Waals surface area contributed by atoms with Crippen molar-refractivity contribution >= 4 is 36.2 Å². The van der Waals surface area contributed by atoms with Gasteiger partial charge in [-0.05, 0) is 63.9 Å². The van der Waals surface area contributed by atoms with E-state index in [1.54, 1.807) is 52.0 Å². The first-order valence-corrected chi connectivity index (χ1v) is 11.7. The Hall–Kier alpha value is -3.20. The van der Waals surface area contributed by atoms with Gasteiger partial charge in [-0.3, -0.25) is 9.59 Å². The van der Waals surface area contributed by atoms with Crippen LogP contribution in [0.15, 0.2) is 48.5 Å². The Morgan fingerprint density at radius 2 is 1.79 bits per heavy atom. The number of aromatic hydroxyl groups is 1. The van der Waals surface area contributed by atoms with E-state index in [-0.39, 0.29) is 18.0 Å². The normalized spacial score (nSPS) is 12.9. The van der Waals surface area contributed by atoms with Gasteiger partial charge in [0.2, 0.25) is 5.91 Å². The van der Waals surface area contributed by atoms with Crippen molar-refractivity contribution in [3.63, 3.8) is 0 Å².